The van der Waals surface area contributed by atoms with Gasteiger partial charge >= 0.3 is 0 Å². The second-order valence-electron chi connectivity index (χ2n) is 6.95. The van der Waals surface area contributed by atoms with Crippen molar-refractivity contribution in [2.75, 3.05) is 20.7 Å². The van der Waals surface area contributed by atoms with Gasteiger partial charge in [0, 0.05) is 37.7 Å². The van der Waals surface area contributed by atoms with Crippen LogP contribution in [-0.4, -0.2) is 42.3 Å². The number of hydrogen-bond acceptors (Lipinski definition) is 3. The van der Waals surface area contributed by atoms with Gasteiger partial charge in [-0.05, 0) is 37.1 Å². The summed E-state index contributed by atoms with van der Waals surface area (Å²) >= 11 is 0. The van der Waals surface area contributed by atoms with Gasteiger partial charge in [-0.3, -0.25) is 9.59 Å². The predicted octanol–water partition coefficient (Wildman–Crippen LogP) is 3.65. The highest BCUT2D eigenvalue weighted by molar-refractivity contribution is 5.94. The van der Waals surface area contributed by atoms with Crippen molar-refractivity contribution >= 4 is 11.8 Å². The topological polar surface area (TPSA) is 49.9 Å². The van der Waals surface area contributed by atoms with Gasteiger partial charge in [-0.25, -0.2) is 0 Å². The highest BCUT2D eigenvalue weighted by atomic mass is 16.5. The number of rotatable bonds is 6. The van der Waals surface area contributed by atoms with Crippen LogP contribution in [0.15, 0.2) is 48.5 Å². The lowest BCUT2D eigenvalue weighted by Crippen LogP contribution is -2.30. The maximum Gasteiger partial charge on any atom is 0.254 e. The quantitative estimate of drug-likeness (QED) is 0.784. The lowest BCUT2D eigenvalue weighted by Gasteiger charge is -2.27. The van der Waals surface area contributed by atoms with E-state index >= 15 is 0 Å². The molecule has 5 nitrogen and oxygen atoms in total. The van der Waals surface area contributed by atoms with E-state index in [0.717, 1.165) is 29.8 Å². The Labute approximate surface area is 160 Å². The van der Waals surface area contributed by atoms with Crippen LogP contribution in [-0.2, 0) is 11.3 Å². The second kappa shape index (κ2) is 8.25. The normalized spacial score (nSPS) is 14.9. The summed E-state index contributed by atoms with van der Waals surface area (Å²) in [7, 11) is 3.44. The van der Waals surface area contributed by atoms with Crippen LogP contribution in [0.1, 0.15) is 47.3 Å². The summed E-state index contributed by atoms with van der Waals surface area (Å²) in [4.78, 5) is 28.4. The van der Waals surface area contributed by atoms with Crippen molar-refractivity contribution in [2.24, 2.45) is 0 Å². The maximum absolute atomic E-state index is 13.0. The molecule has 0 N–H and O–H groups in total. The predicted molar refractivity (Wildman–Crippen MR) is 105 cm³/mol. The molecule has 1 fully saturated rings. The largest absolute Gasteiger partial charge is 0.496 e. The number of ether oxygens (including phenoxy) is 1. The van der Waals surface area contributed by atoms with Crippen LogP contribution in [0, 0.1) is 0 Å². The molecule has 1 aliphatic rings. The molecule has 1 heterocycles. The van der Waals surface area contributed by atoms with E-state index in [1.165, 1.54) is 0 Å². The van der Waals surface area contributed by atoms with Crippen molar-refractivity contribution in [3.63, 3.8) is 0 Å². The average Bonchev–Trinajstić information content (AvgIpc) is 3.10. The van der Waals surface area contributed by atoms with Crippen molar-refractivity contribution in [2.45, 2.75) is 32.4 Å². The zero-order valence-electron chi connectivity index (χ0n) is 16.1. The Bertz CT molecular complexity index is 834. The third kappa shape index (κ3) is 4.13. The minimum absolute atomic E-state index is 0.0528. The van der Waals surface area contributed by atoms with Gasteiger partial charge in [0.1, 0.15) is 5.75 Å². The molecule has 2 amide bonds. The molecule has 3 rings (SSSR count). The maximum atomic E-state index is 13.0. The van der Waals surface area contributed by atoms with Gasteiger partial charge in [-0.1, -0.05) is 30.3 Å². The van der Waals surface area contributed by atoms with Crippen molar-refractivity contribution in [1.29, 1.82) is 0 Å². The zero-order valence-corrected chi connectivity index (χ0v) is 16.1. The minimum Gasteiger partial charge on any atom is -0.496 e. The third-order valence-electron chi connectivity index (χ3n) is 5.21. The van der Waals surface area contributed by atoms with Crippen molar-refractivity contribution in [1.82, 2.24) is 9.80 Å². The Kier molecular flexibility index (Phi) is 5.79. The first-order chi connectivity index (χ1) is 13.0. The Hall–Kier alpha value is -2.82. The standard InChI is InChI=1S/C22H26N2O3/c1-16(19-10-4-5-11-20(19)27-3)23(2)22(26)18-9-6-8-17(14-18)15-24-13-7-12-21(24)25/h4-6,8-11,14,16H,7,12-13,15H2,1-3H3. The van der Waals surface area contributed by atoms with Gasteiger partial charge in [-0.15, -0.1) is 0 Å². The number of carbonyl (C=O) groups excluding carboxylic acids is 2. The molecule has 142 valence electrons. The molecule has 2 aromatic rings. The third-order valence-corrected chi connectivity index (χ3v) is 5.21. The van der Waals surface area contributed by atoms with Gasteiger partial charge in [0.05, 0.1) is 13.2 Å². The van der Waals surface area contributed by atoms with E-state index in [1.807, 2.05) is 60.4 Å². The molecule has 0 aromatic heterocycles. The molecule has 27 heavy (non-hydrogen) atoms. The summed E-state index contributed by atoms with van der Waals surface area (Å²) in [5.74, 6) is 0.905. The summed E-state index contributed by atoms with van der Waals surface area (Å²) < 4.78 is 5.43. The fraction of sp³-hybridized carbons (Fsp3) is 0.364. The lowest BCUT2D eigenvalue weighted by molar-refractivity contribution is -0.128. The molecule has 0 saturated carbocycles. The van der Waals surface area contributed by atoms with E-state index < -0.39 is 0 Å². The van der Waals surface area contributed by atoms with Crippen LogP contribution in [0.5, 0.6) is 5.75 Å². The molecule has 0 aliphatic carbocycles. The lowest BCUT2D eigenvalue weighted by atomic mass is 10.0. The van der Waals surface area contributed by atoms with E-state index in [0.29, 0.717) is 18.5 Å². The number of carbonyl (C=O) groups is 2. The number of likely N-dealkylation sites (tertiary alicyclic amines) is 1. The summed E-state index contributed by atoms with van der Waals surface area (Å²) in [5.41, 5.74) is 2.58. The highest BCUT2D eigenvalue weighted by Crippen LogP contribution is 2.29. The van der Waals surface area contributed by atoms with Crippen molar-refractivity contribution in [3.05, 3.63) is 65.2 Å². The van der Waals surface area contributed by atoms with E-state index in [2.05, 4.69) is 0 Å². The van der Waals surface area contributed by atoms with Crippen LogP contribution < -0.4 is 4.74 Å². The van der Waals surface area contributed by atoms with E-state index in [9.17, 15) is 9.59 Å². The van der Waals surface area contributed by atoms with Crippen LogP contribution >= 0.6 is 0 Å². The fourth-order valence-electron chi connectivity index (χ4n) is 3.49. The molecular weight excluding hydrogens is 340 g/mol. The molecule has 0 spiro atoms. The van der Waals surface area contributed by atoms with Crippen LogP contribution in [0.4, 0.5) is 0 Å². The molecule has 0 bridgehead atoms. The molecule has 1 atom stereocenters. The number of para-hydroxylation sites is 1. The average molecular weight is 366 g/mol. The Morgan fingerprint density at radius 3 is 2.70 bits per heavy atom. The monoisotopic (exact) mass is 366 g/mol. The van der Waals surface area contributed by atoms with Crippen molar-refractivity contribution in [3.8, 4) is 5.75 Å². The number of nitrogens with zero attached hydrogens (tertiary/aromatic N) is 2. The summed E-state index contributed by atoms with van der Waals surface area (Å²) in [6.45, 7) is 3.34. The number of methoxy groups -OCH3 is 1. The molecule has 5 heteroatoms. The van der Waals surface area contributed by atoms with Crippen LogP contribution in [0.25, 0.3) is 0 Å². The van der Waals surface area contributed by atoms with E-state index in [4.69, 9.17) is 4.74 Å². The van der Waals surface area contributed by atoms with E-state index in [-0.39, 0.29) is 17.9 Å². The van der Waals surface area contributed by atoms with Crippen LogP contribution in [0.2, 0.25) is 0 Å². The van der Waals surface area contributed by atoms with Gasteiger partial charge in [0.15, 0.2) is 0 Å². The summed E-state index contributed by atoms with van der Waals surface area (Å²) in [5, 5.41) is 0. The van der Waals surface area contributed by atoms with Gasteiger partial charge in [0.2, 0.25) is 5.91 Å². The Balaban J connectivity index is 1.76. The molecule has 1 aliphatic heterocycles. The van der Waals surface area contributed by atoms with Gasteiger partial charge in [0.25, 0.3) is 5.91 Å². The molecule has 1 unspecified atom stereocenters. The SMILES string of the molecule is COc1ccccc1C(C)N(C)C(=O)c1cccc(CN2CCCC2=O)c1. The minimum atomic E-state index is -0.127. The van der Waals surface area contributed by atoms with E-state index in [1.54, 1.807) is 19.1 Å². The second-order valence-corrected chi connectivity index (χ2v) is 6.95. The Morgan fingerprint density at radius 2 is 2.00 bits per heavy atom. The molecular formula is C22H26N2O3. The molecule has 1 saturated heterocycles. The smallest absolute Gasteiger partial charge is 0.254 e. The van der Waals surface area contributed by atoms with Gasteiger partial charge in [-0.2, -0.15) is 0 Å². The van der Waals surface area contributed by atoms with Crippen LogP contribution in [0.3, 0.4) is 0 Å². The molecule has 0 radical (unpaired) electrons. The first-order valence-electron chi connectivity index (χ1n) is 9.28. The zero-order chi connectivity index (χ0) is 19.4. The number of amides is 2. The summed E-state index contributed by atoms with van der Waals surface area (Å²) in [6.07, 6.45) is 1.54. The number of benzene rings is 2. The molecule has 2 aromatic carbocycles. The number of hydrogen-bond donors (Lipinski definition) is 0. The highest BCUT2D eigenvalue weighted by Gasteiger charge is 2.23. The fourth-order valence-corrected chi connectivity index (χ4v) is 3.49. The summed E-state index contributed by atoms with van der Waals surface area (Å²) in [6, 6.07) is 15.2. The first-order valence-corrected chi connectivity index (χ1v) is 9.28. The first kappa shape index (κ1) is 19.0. The van der Waals surface area contributed by atoms with Crippen molar-refractivity contribution < 1.29 is 14.3 Å². The van der Waals surface area contributed by atoms with Gasteiger partial charge < -0.3 is 14.5 Å². The Morgan fingerprint density at radius 1 is 1.22 bits per heavy atom.